The molecule has 0 spiro atoms. The highest BCUT2D eigenvalue weighted by Crippen LogP contribution is 2.33. The fourth-order valence-electron chi connectivity index (χ4n) is 3.39. The minimum absolute atomic E-state index is 0.102. The maximum Gasteiger partial charge on any atom is 0.417 e. The number of rotatable bonds is 7. The van der Waals surface area contributed by atoms with Crippen molar-refractivity contribution in [3.63, 3.8) is 0 Å². The zero-order chi connectivity index (χ0) is 23.4. The Balaban J connectivity index is 1.70. The summed E-state index contributed by atoms with van der Waals surface area (Å²) in [6.07, 6.45) is -2.42. The van der Waals surface area contributed by atoms with Crippen LogP contribution in [0.25, 0.3) is 16.5 Å². The Bertz CT molecular complexity index is 1270. The van der Waals surface area contributed by atoms with Gasteiger partial charge in [-0.05, 0) is 41.8 Å². The zero-order valence-electron chi connectivity index (χ0n) is 17.6. The first kappa shape index (κ1) is 22.8. The van der Waals surface area contributed by atoms with Gasteiger partial charge in [-0.1, -0.05) is 36.4 Å². The monoisotopic (exact) mass is 471 g/mol. The van der Waals surface area contributed by atoms with Crippen LogP contribution in [0, 0.1) is 0 Å². The van der Waals surface area contributed by atoms with E-state index in [0.29, 0.717) is 35.4 Å². The lowest BCUT2D eigenvalue weighted by atomic mass is 10.1. The molecule has 0 aliphatic heterocycles. The first-order valence-corrected chi connectivity index (χ1v) is 11.0. The molecular weight excluding hydrogens is 451 g/mol. The summed E-state index contributed by atoms with van der Waals surface area (Å²) in [6.45, 7) is 1.96. The highest BCUT2D eigenvalue weighted by molar-refractivity contribution is 7.99. The van der Waals surface area contributed by atoms with E-state index in [0.717, 1.165) is 40.5 Å². The molecule has 10 heteroatoms. The minimum atomic E-state index is -4.44. The Labute approximate surface area is 192 Å². The minimum Gasteiger partial charge on any atom is -0.356 e. The number of pyridine rings is 1. The van der Waals surface area contributed by atoms with E-state index in [4.69, 9.17) is 0 Å². The third-order valence-electron chi connectivity index (χ3n) is 4.92. The first-order valence-electron chi connectivity index (χ1n) is 10.2. The van der Waals surface area contributed by atoms with E-state index in [-0.39, 0.29) is 5.91 Å². The van der Waals surface area contributed by atoms with E-state index in [2.05, 4.69) is 20.5 Å². The number of nitrogens with one attached hydrogen (secondary N) is 1. The van der Waals surface area contributed by atoms with Crippen LogP contribution in [0.5, 0.6) is 0 Å². The van der Waals surface area contributed by atoms with Gasteiger partial charge in [-0.25, -0.2) is 4.98 Å². The van der Waals surface area contributed by atoms with Gasteiger partial charge < -0.3 is 5.32 Å². The molecule has 4 rings (SSSR count). The lowest BCUT2D eigenvalue weighted by Gasteiger charge is -2.13. The van der Waals surface area contributed by atoms with Crippen LogP contribution in [-0.4, -0.2) is 32.2 Å². The van der Waals surface area contributed by atoms with E-state index in [1.54, 1.807) is 0 Å². The highest BCUT2D eigenvalue weighted by Gasteiger charge is 2.30. The molecule has 0 radical (unpaired) electrons. The lowest BCUT2D eigenvalue weighted by molar-refractivity contribution is -0.137. The Morgan fingerprint density at radius 1 is 1.06 bits per heavy atom. The Hall–Kier alpha value is -3.40. The van der Waals surface area contributed by atoms with Crippen molar-refractivity contribution < 1.29 is 18.0 Å². The average molecular weight is 472 g/mol. The predicted molar refractivity (Wildman–Crippen MR) is 119 cm³/mol. The second kappa shape index (κ2) is 9.62. The molecule has 33 heavy (non-hydrogen) atoms. The van der Waals surface area contributed by atoms with Gasteiger partial charge in [0, 0.05) is 31.5 Å². The fourth-order valence-corrected chi connectivity index (χ4v) is 4.19. The summed E-state index contributed by atoms with van der Waals surface area (Å²) in [5, 5.41) is 14.3. The van der Waals surface area contributed by atoms with Gasteiger partial charge in [0.1, 0.15) is 10.9 Å². The van der Waals surface area contributed by atoms with E-state index < -0.39 is 11.7 Å². The second-order valence-electron chi connectivity index (χ2n) is 7.30. The number of fused-ring (bicyclic) bond motifs is 1. The third-order valence-corrected chi connectivity index (χ3v) is 5.82. The van der Waals surface area contributed by atoms with Crippen LogP contribution >= 0.6 is 11.8 Å². The normalized spacial score (nSPS) is 11.6. The topological polar surface area (TPSA) is 72.7 Å². The van der Waals surface area contributed by atoms with Gasteiger partial charge in [0.15, 0.2) is 0 Å². The number of nitrogens with zero attached hydrogens (tertiary/aromatic N) is 4. The van der Waals surface area contributed by atoms with E-state index in [9.17, 15) is 18.0 Å². The molecule has 170 valence electrons. The van der Waals surface area contributed by atoms with Crippen LogP contribution in [0.15, 0.2) is 71.0 Å². The molecule has 0 aliphatic carbocycles. The maximum atomic E-state index is 12.9. The molecule has 1 N–H and O–H groups in total. The predicted octanol–water partition coefficient (Wildman–Crippen LogP) is 5.05. The number of carbonyl (C=O) groups is 1. The number of hydrogen-bond acceptors (Lipinski definition) is 5. The number of amides is 1. The molecule has 0 saturated heterocycles. The number of hydrogen-bond donors (Lipinski definition) is 1. The van der Waals surface area contributed by atoms with Crippen molar-refractivity contribution >= 4 is 28.4 Å². The molecule has 2 aromatic carbocycles. The summed E-state index contributed by atoms with van der Waals surface area (Å²) >= 11 is 1.14. The van der Waals surface area contributed by atoms with Crippen molar-refractivity contribution in [1.82, 2.24) is 25.1 Å². The molecule has 0 saturated carbocycles. The number of benzene rings is 2. The van der Waals surface area contributed by atoms with Gasteiger partial charge >= 0.3 is 6.18 Å². The van der Waals surface area contributed by atoms with E-state index >= 15 is 0 Å². The van der Waals surface area contributed by atoms with Crippen molar-refractivity contribution in [2.24, 2.45) is 0 Å². The van der Waals surface area contributed by atoms with Gasteiger partial charge in [0.2, 0.25) is 11.1 Å². The molecule has 1 amide bonds. The van der Waals surface area contributed by atoms with Gasteiger partial charge in [-0.15, -0.1) is 10.2 Å². The van der Waals surface area contributed by atoms with Crippen molar-refractivity contribution in [3.8, 4) is 5.69 Å². The SMILES string of the molecule is CC(=O)NCCCc1nnc(Sc2ccc(C(F)(F)F)cn2)n1-c1cccc2ccccc12. The number of aryl methyl sites for hydroxylation is 1. The Kier molecular flexibility index (Phi) is 6.64. The standard InChI is InChI=1S/C23H20F3N5OS/c1-15(32)27-13-5-10-20-29-30-22(33-21-12-11-17(14-28-21)23(24,25)26)31(20)19-9-4-7-16-6-2-3-8-18(16)19/h2-4,6-9,11-12,14H,5,10,13H2,1H3,(H,27,32). The second-order valence-corrected chi connectivity index (χ2v) is 8.29. The van der Waals surface area contributed by atoms with Gasteiger partial charge in [-0.3, -0.25) is 9.36 Å². The van der Waals surface area contributed by atoms with Crippen LogP contribution in [-0.2, 0) is 17.4 Å². The summed E-state index contributed by atoms with van der Waals surface area (Å²) in [5.41, 5.74) is 0.0584. The molecule has 0 atom stereocenters. The smallest absolute Gasteiger partial charge is 0.356 e. The molecule has 0 fully saturated rings. The summed E-state index contributed by atoms with van der Waals surface area (Å²) in [7, 11) is 0. The van der Waals surface area contributed by atoms with Crippen molar-refractivity contribution in [2.45, 2.75) is 36.1 Å². The van der Waals surface area contributed by atoms with Crippen LogP contribution in [0.2, 0.25) is 0 Å². The largest absolute Gasteiger partial charge is 0.417 e. The number of aromatic nitrogens is 4. The Morgan fingerprint density at radius 2 is 1.85 bits per heavy atom. The summed E-state index contributed by atoms with van der Waals surface area (Å²) < 4.78 is 40.5. The van der Waals surface area contributed by atoms with Crippen LogP contribution in [0.1, 0.15) is 24.7 Å². The first-order chi connectivity index (χ1) is 15.8. The maximum absolute atomic E-state index is 12.9. The molecule has 6 nitrogen and oxygen atoms in total. The zero-order valence-corrected chi connectivity index (χ0v) is 18.5. The molecule has 2 heterocycles. The Morgan fingerprint density at radius 3 is 2.58 bits per heavy atom. The van der Waals surface area contributed by atoms with Crippen LogP contribution in [0.3, 0.4) is 0 Å². The summed E-state index contributed by atoms with van der Waals surface area (Å²) in [5.74, 6) is 0.584. The van der Waals surface area contributed by atoms with E-state index in [1.165, 1.54) is 13.0 Å². The van der Waals surface area contributed by atoms with Crippen molar-refractivity contribution in [2.75, 3.05) is 6.54 Å². The van der Waals surface area contributed by atoms with Crippen LogP contribution in [0.4, 0.5) is 13.2 Å². The molecular formula is C23H20F3N5OS. The number of alkyl halides is 3. The van der Waals surface area contributed by atoms with Crippen molar-refractivity contribution in [3.05, 3.63) is 72.2 Å². The average Bonchev–Trinajstić information content (AvgIpc) is 3.18. The number of carbonyl (C=O) groups excluding carboxylic acids is 1. The summed E-state index contributed by atoms with van der Waals surface area (Å²) in [6, 6.07) is 16.1. The van der Waals surface area contributed by atoms with Gasteiger partial charge in [-0.2, -0.15) is 13.2 Å². The molecule has 0 unspecified atom stereocenters. The number of halogens is 3. The van der Waals surface area contributed by atoms with Crippen molar-refractivity contribution in [1.29, 1.82) is 0 Å². The summed E-state index contributed by atoms with van der Waals surface area (Å²) in [4.78, 5) is 15.1. The van der Waals surface area contributed by atoms with E-state index in [1.807, 2.05) is 47.0 Å². The highest BCUT2D eigenvalue weighted by atomic mass is 32.2. The quantitative estimate of drug-likeness (QED) is 0.382. The third kappa shape index (κ3) is 5.33. The van der Waals surface area contributed by atoms with Gasteiger partial charge in [0.25, 0.3) is 0 Å². The van der Waals surface area contributed by atoms with Gasteiger partial charge in [0.05, 0.1) is 11.3 Å². The molecule has 0 aliphatic rings. The fraction of sp³-hybridized carbons (Fsp3) is 0.217. The van der Waals surface area contributed by atoms with Crippen LogP contribution < -0.4 is 5.32 Å². The lowest BCUT2D eigenvalue weighted by Crippen LogP contribution is -2.21. The molecule has 4 aromatic rings. The molecule has 2 aromatic heterocycles. The molecule has 0 bridgehead atoms.